The van der Waals surface area contributed by atoms with Crippen LogP contribution in [0.5, 0.6) is 0 Å². The summed E-state index contributed by atoms with van der Waals surface area (Å²) in [6.07, 6.45) is 3.43. The largest absolute Gasteiger partial charge is 0.444 e. The van der Waals surface area contributed by atoms with Crippen LogP contribution in [-0.2, 0) is 14.3 Å². The summed E-state index contributed by atoms with van der Waals surface area (Å²) in [4.78, 5) is 43.7. The predicted octanol–water partition coefficient (Wildman–Crippen LogP) is 4.47. The van der Waals surface area contributed by atoms with Gasteiger partial charge < -0.3 is 20.3 Å². The standard InChI is InChI=1S/C25H33N5O4/c1-16-13-19(15-27-21(16)29-24(33)34-25(2,3)4)28-22(31)23(32)30-12-7-6-11-20(30)17-9-8-10-18(14-17)26-5/h8-10,13-15,20,26H,6-7,11-12H2,1-5H3,(H,28,31)(H,27,29,33). The third kappa shape index (κ3) is 6.46. The fourth-order valence-electron chi connectivity index (χ4n) is 3.91. The average Bonchev–Trinajstić information content (AvgIpc) is 2.79. The van der Waals surface area contributed by atoms with Gasteiger partial charge in [-0.25, -0.2) is 9.78 Å². The number of aromatic nitrogens is 1. The molecule has 3 rings (SSSR count). The molecule has 0 spiro atoms. The Morgan fingerprint density at radius 1 is 1.09 bits per heavy atom. The zero-order chi connectivity index (χ0) is 24.9. The molecule has 0 bridgehead atoms. The maximum absolute atomic E-state index is 13.1. The molecule has 3 N–H and O–H groups in total. The highest BCUT2D eigenvalue weighted by Gasteiger charge is 2.32. The van der Waals surface area contributed by atoms with Gasteiger partial charge in [0.2, 0.25) is 0 Å². The van der Waals surface area contributed by atoms with Crippen LogP contribution in [0, 0.1) is 6.92 Å². The number of anilines is 3. The molecule has 0 saturated carbocycles. The van der Waals surface area contributed by atoms with Crippen molar-refractivity contribution in [2.75, 3.05) is 29.5 Å². The summed E-state index contributed by atoms with van der Waals surface area (Å²) in [5.41, 5.74) is 2.32. The van der Waals surface area contributed by atoms with Crippen LogP contribution in [0.3, 0.4) is 0 Å². The number of rotatable bonds is 4. The van der Waals surface area contributed by atoms with Crippen LogP contribution in [0.1, 0.15) is 57.2 Å². The van der Waals surface area contributed by atoms with E-state index in [4.69, 9.17) is 4.74 Å². The number of ether oxygens (including phenoxy) is 1. The van der Waals surface area contributed by atoms with Crippen molar-refractivity contribution in [3.05, 3.63) is 47.7 Å². The lowest BCUT2D eigenvalue weighted by Gasteiger charge is -2.35. The quantitative estimate of drug-likeness (QED) is 0.572. The van der Waals surface area contributed by atoms with Gasteiger partial charge in [-0.3, -0.25) is 14.9 Å². The van der Waals surface area contributed by atoms with Gasteiger partial charge in [0.05, 0.1) is 17.9 Å². The SMILES string of the molecule is CNc1cccc(C2CCCCN2C(=O)C(=O)Nc2cnc(NC(=O)OC(C)(C)C)c(C)c2)c1. The van der Waals surface area contributed by atoms with E-state index in [0.717, 1.165) is 30.5 Å². The van der Waals surface area contributed by atoms with E-state index in [1.165, 1.54) is 6.20 Å². The molecule has 9 heteroatoms. The molecule has 1 atom stereocenters. The van der Waals surface area contributed by atoms with E-state index in [9.17, 15) is 14.4 Å². The molecule has 2 aromatic rings. The van der Waals surface area contributed by atoms with Gasteiger partial charge >= 0.3 is 17.9 Å². The average molecular weight is 468 g/mol. The second-order valence-electron chi connectivity index (χ2n) is 9.36. The molecule has 2 heterocycles. The van der Waals surface area contributed by atoms with Crippen molar-refractivity contribution in [1.82, 2.24) is 9.88 Å². The Bertz CT molecular complexity index is 1060. The summed E-state index contributed by atoms with van der Waals surface area (Å²) >= 11 is 0. The van der Waals surface area contributed by atoms with Crippen LogP contribution < -0.4 is 16.0 Å². The molecule has 1 aromatic heterocycles. The van der Waals surface area contributed by atoms with Crippen molar-refractivity contribution < 1.29 is 19.1 Å². The normalized spacial score (nSPS) is 15.9. The van der Waals surface area contributed by atoms with Crippen molar-refractivity contribution in [2.24, 2.45) is 0 Å². The summed E-state index contributed by atoms with van der Waals surface area (Å²) < 4.78 is 5.24. The van der Waals surface area contributed by atoms with Crippen LogP contribution in [0.15, 0.2) is 36.5 Å². The van der Waals surface area contributed by atoms with Crippen LogP contribution in [0.4, 0.5) is 22.0 Å². The number of nitrogens with one attached hydrogen (secondary N) is 3. The molecule has 3 amide bonds. The van der Waals surface area contributed by atoms with Crippen LogP contribution in [0.2, 0.25) is 0 Å². The number of hydrogen-bond acceptors (Lipinski definition) is 6. The zero-order valence-corrected chi connectivity index (χ0v) is 20.4. The van der Waals surface area contributed by atoms with Crippen molar-refractivity contribution >= 4 is 35.1 Å². The Hall–Kier alpha value is -3.62. The van der Waals surface area contributed by atoms with Gasteiger partial charge in [0.25, 0.3) is 0 Å². The lowest BCUT2D eigenvalue weighted by Crippen LogP contribution is -2.44. The van der Waals surface area contributed by atoms with Gasteiger partial charge in [0, 0.05) is 19.3 Å². The molecule has 1 saturated heterocycles. The van der Waals surface area contributed by atoms with Crippen LogP contribution in [0.25, 0.3) is 0 Å². The van der Waals surface area contributed by atoms with E-state index in [-0.39, 0.29) is 6.04 Å². The van der Waals surface area contributed by atoms with Crippen LogP contribution in [-0.4, -0.2) is 47.0 Å². The number of likely N-dealkylation sites (tertiary alicyclic amines) is 1. The molecular weight excluding hydrogens is 434 g/mol. The van der Waals surface area contributed by atoms with Crippen molar-refractivity contribution in [1.29, 1.82) is 0 Å². The first kappa shape index (κ1) is 25.0. The summed E-state index contributed by atoms with van der Waals surface area (Å²) in [5.74, 6) is -0.974. The Kier molecular flexibility index (Phi) is 7.75. The van der Waals surface area contributed by atoms with E-state index in [1.807, 2.05) is 31.3 Å². The molecule has 34 heavy (non-hydrogen) atoms. The number of amides is 3. The Morgan fingerprint density at radius 2 is 1.85 bits per heavy atom. The minimum atomic E-state index is -0.717. The summed E-state index contributed by atoms with van der Waals surface area (Å²) in [6.45, 7) is 7.58. The molecule has 1 fully saturated rings. The van der Waals surface area contributed by atoms with E-state index >= 15 is 0 Å². The molecule has 0 aliphatic carbocycles. The lowest BCUT2D eigenvalue weighted by molar-refractivity contribution is -0.145. The summed E-state index contributed by atoms with van der Waals surface area (Å²) in [6, 6.07) is 9.40. The molecule has 1 aromatic carbocycles. The minimum Gasteiger partial charge on any atom is -0.444 e. The first-order valence-corrected chi connectivity index (χ1v) is 11.4. The molecule has 1 aliphatic heterocycles. The lowest BCUT2D eigenvalue weighted by atomic mass is 9.94. The Labute approximate surface area is 200 Å². The highest BCUT2D eigenvalue weighted by molar-refractivity contribution is 6.39. The number of benzene rings is 1. The van der Waals surface area contributed by atoms with Gasteiger partial charge in [-0.2, -0.15) is 0 Å². The van der Waals surface area contributed by atoms with Gasteiger partial charge in [0.1, 0.15) is 11.4 Å². The van der Waals surface area contributed by atoms with E-state index < -0.39 is 23.5 Å². The Balaban J connectivity index is 1.68. The molecule has 1 unspecified atom stereocenters. The zero-order valence-electron chi connectivity index (χ0n) is 20.4. The molecular formula is C25H33N5O4. The second-order valence-corrected chi connectivity index (χ2v) is 9.36. The van der Waals surface area contributed by atoms with E-state index in [1.54, 1.807) is 38.7 Å². The fraction of sp³-hybridized carbons (Fsp3) is 0.440. The third-order valence-corrected chi connectivity index (χ3v) is 5.47. The summed E-state index contributed by atoms with van der Waals surface area (Å²) in [5, 5.41) is 8.35. The Morgan fingerprint density at radius 3 is 2.53 bits per heavy atom. The van der Waals surface area contributed by atoms with Gasteiger partial charge in [-0.05, 0) is 76.3 Å². The van der Waals surface area contributed by atoms with Crippen molar-refractivity contribution in [3.8, 4) is 0 Å². The number of carbonyl (C=O) groups is 3. The first-order chi connectivity index (χ1) is 16.1. The number of nitrogens with zero attached hydrogens (tertiary/aromatic N) is 2. The highest BCUT2D eigenvalue weighted by Crippen LogP contribution is 2.32. The van der Waals surface area contributed by atoms with Crippen LogP contribution >= 0.6 is 0 Å². The number of piperidine rings is 1. The predicted molar refractivity (Wildman–Crippen MR) is 132 cm³/mol. The number of carbonyl (C=O) groups excluding carboxylic acids is 3. The van der Waals surface area contributed by atoms with Gasteiger partial charge in [0.15, 0.2) is 0 Å². The third-order valence-electron chi connectivity index (χ3n) is 5.47. The van der Waals surface area contributed by atoms with Gasteiger partial charge in [-0.15, -0.1) is 0 Å². The molecule has 0 radical (unpaired) electrons. The molecule has 9 nitrogen and oxygen atoms in total. The van der Waals surface area contributed by atoms with E-state index in [2.05, 4.69) is 20.9 Å². The topological polar surface area (TPSA) is 113 Å². The monoisotopic (exact) mass is 467 g/mol. The number of hydrogen-bond donors (Lipinski definition) is 3. The molecule has 1 aliphatic rings. The maximum atomic E-state index is 13.1. The summed E-state index contributed by atoms with van der Waals surface area (Å²) in [7, 11) is 1.85. The number of pyridine rings is 1. The molecule has 182 valence electrons. The van der Waals surface area contributed by atoms with E-state index in [0.29, 0.717) is 23.6 Å². The number of aryl methyl sites for hydroxylation is 1. The first-order valence-electron chi connectivity index (χ1n) is 11.4. The van der Waals surface area contributed by atoms with Crippen molar-refractivity contribution in [3.63, 3.8) is 0 Å². The van der Waals surface area contributed by atoms with Gasteiger partial charge in [-0.1, -0.05) is 12.1 Å². The minimum absolute atomic E-state index is 0.152. The maximum Gasteiger partial charge on any atom is 0.413 e. The highest BCUT2D eigenvalue weighted by atomic mass is 16.6. The smallest absolute Gasteiger partial charge is 0.413 e. The second kappa shape index (κ2) is 10.5. The fourth-order valence-corrected chi connectivity index (χ4v) is 3.91. The van der Waals surface area contributed by atoms with Crippen molar-refractivity contribution in [2.45, 2.75) is 58.6 Å².